The zero-order valence-electron chi connectivity index (χ0n) is 31.4. The molecule has 2 aliphatic rings. The van der Waals surface area contributed by atoms with Crippen LogP contribution >= 0.6 is 0 Å². The predicted octanol–water partition coefficient (Wildman–Crippen LogP) is 5.11. The lowest BCUT2D eigenvalue weighted by Crippen LogP contribution is -2.67. The summed E-state index contributed by atoms with van der Waals surface area (Å²) in [6.45, 7) is 12.4. The average Bonchev–Trinajstić information content (AvgIpc) is 3.13. The van der Waals surface area contributed by atoms with Crippen LogP contribution in [-0.2, 0) is 23.9 Å². The normalized spacial score (nSPS) is 16.9. The van der Waals surface area contributed by atoms with E-state index in [1.54, 1.807) is 4.90 Å². The van der Waals surface area contributed by atoms with Gasteiger partial charge >= 0.3 is 12.1 Å². The molecule has 6 rings (SSSR count). The average molecular weight is 723 g/mol. The summed E-state index contributed by atoms with van der Waals surface area (Å²) >= 11 is 0. The molecule has 1 amide bonds. The van der Waals surface area contributed by atoms with Crippen molar-refractivity contribution < 1.29 is 19.1 Å². The molecule has 52 heavy (non-hydrogen) atoms. The number of nitrogens with zero attached hydrogens (tertiary/aromatic N) is 6. The molecule has 0 saturated carbocycles. The molecule has 0 radical (unpaired) electrons. The number of aromatic nitrogens is 2. The van der Waals surface area contributed by atoms with Gasteiger partial charge in [-0.05, 0) is 47.9 Å². The van der Waals surface area contributed by atoms with Crippen molar-refractivity contribution >= 4 is 30.6 Å². The van der Waals surface area contributed by atoms with Gasteiger partial charge in [-0.2, -0.15) is 9.97 Å². The lowest BCUT2D eigenvalue weighted by molar-refractivity contribution is 0.108. The van der Waals surface area contributed by atoms with Crippen LogP contribution in [0.3, 0.4) is 0 Å². The van der Waals surface area contributed by atoms with Crippen LogP contribution in [0.15, 0.2) is 91.0 Å². The molecule has 1 N–H and O–H groups in total. The summed E-state index contributed by atoms with van der Waals surface area (Å²) in [5.74, 6) is 0.868. The van der Waals surface area contributed by atoms with Crippen molar-refractivity contribution in [1.29, 1.82) is 0 Å². The Kier molecular flexibility index (Phi) is 11.9. The van der Waals surface area contributed by atoms with Gasteiger partial charge in [-0.1, -0.05) is 112 Å². The fourth-order valence-corrected chi connectivity index (χ4v) is 12.3. The van der Waals surface area contributed by atoms with Gasteiger partial charge in [-0.15, -0.1) is 0 Å². The van der Waals surface area contributed by atoms with Crippen LogP contribution in [0.1, 0.15) is 44.0 Å². The first kappa shape index (κ1) is 37.5. The summed E-state index contributed by atoms with van der Waals surface area (Å²) in [6, 6.07) is 31.8. The number of hydrogen-bond acceptors (Lipinski definition) is 8. The van der Waals surface area contributed by atoms with Crippen LogP contribution in [0.25, 0.3) is 0 Å². The fourth-order valence-electron chi connectivity index (χ4n) is 7.72. The molecule has 1 atom stereocenters. The summed E-state index contributed by atoms with van der Waals surface area (Å²) in [6.07, 6.45) is 0.484. The van der Waals surface area contributed by atoms with E-state index in [1.807, 2.05) is 32.3 Å². The van der Waals surface area contributed by atoms with E-state index in [-0.39, 0.29) is 11.1 Å². The van der Waals surface area contributed by atoms with Crippen LogP contribution in [0.2, 0.25) is 5.04 Å². The van der Waals surface area contributed by atoms with Gasteiger partial charge in [0.2, 0.25) is 0 Å². The number of likely N-dealkylation sites (N-methyl/N-ethyl adjacent to an activating group) is 1. The molecule has 3 aromatic carbocycles. The molecule has 1 aromatic heterocycles. The second-order valence-corrected chi connectivity index (χ2v) is 19.5. The van der Waals surface area contributed by atoms with Crippen LogP contribution in [-0.4, -0.2) is 110 Å². The Morgan fingerprint density at radius 2 is 1.52 bits per heavy atom. The molecule has 11 heteroatoms. The third kappa shape index (κ3) is 8.49. The molecule has 1 unspecified atom stereocenters. The first-order valence-electron chi connectivity index (χ1n) is 18.5. The number of rotatable bonds is 13. The topological polar surface area (TPSA) is 94.5 Å². The summed E-state index contributed by atoms with van der Waals surface area (Å²) in [4.78, 5) is 30.9. The molecule has 4 aromatic rings. The minimum atomic E-state index is -2.77. The molecule has 0 spiro atoms. The van der Waals surface area contributed by atoms with Crippen molar-refractivity contribution in [3.8, 4) is 6.01 Å². The van der Waals surface area contributed by atoms with Crippen molar-refractivity contribution in [2.24, 2.45) is 0 Å². The van der Waals surface area contributed by atoms with Gasteiger partial charge in [-0.3, -0.25) is 4.90 Å². The molecular weight excluding hydrogens is 669 g/mol. The Morgan fingerprint density at radius 1 is 0.885 bits per heavy atom. The van der Waals surface area contributed by atoms with Crippen molar-refractivity contribution in [3.63, 3.8) is 0 Å². The SMILES string of the molecule is CN(C)CCOc1nc2c(c(N3CCN(C(=O)O)C(CCO[Si](c4ccccc4)(c4ccccc4)C(C)(C)C)C3)n1)CCN(Cc1ccccc1)C2. The Bertz CT molecular complexity index is 1720. The highest BCUT2D eigenvalue weighted by Crippen LogP contribution is 2.37. The van der Waals surface area contributed by atoms with Crippen LogP contribution < -0.4 is 20.0 Å². The van der Waals surface area contributed by atoms with Crippen LogP contribution in [0.5, 0.6) is 6.01 Å². The zero-order valence-corrected chi connectivity index (χ0v) is 32.4. The van der Waals surface area contributed by atoms with Gasteiger partial charge in [0.25, 0.3) is 8.32 Å². The zero-order chi connectivity index (χ0) is 36.7. The monoisotopic (exact) mass is 722 g/mol. The van der Waals surface area contributed by atoms with E-state index in [4.69, 9.17) is 19.1 Å². The van der Waals surface area contributed by atoms with Crippen molar-refractivity contribution in [2.75, 3.05) is 64.9 Å². The number of benzene rings is 3. The third-order valence-electron chi connectivity index (χ3n) is 10.3. The van der Waals surface area contributed by atoms with Gasteiger partial charge in [-0.25, -0.2) is 4.79 Å². The van der Waals surface area contributed by atoms with E-state index < -0.39 is 14.4 Å². The van der Waals surface area contributed by atoms with Crippen molar-refractivity contribution in [2.45, 2.75) is 57.8 Å². The van der Waals surface area contributed by atoms with E-state index in [0.717, 1.165) is 43.1 Å². The molecule has 0 bridgehead atoms. The lowest BCUT2D eigenvalue weighted by Gasteiger charge is -2.44. The maximum Gasteiger partial charge on any atom is 0.407 e. The van der Waals surface area contributed by atoms with Crippen molar-refractivity contribution in [1.82, 2.24) is 24.7 Å². The number of amides is 1. The molecule has 3 heterocycles. The molecule has 0 aliphatic carbocycles. The Morgan fingerprint density at radius 3 is 2.12 bits per heavy atom. The number of hydrogen-bond donors (Lipinski definition) is 1. The fraction of sp³-hybridized carbons (Fsp3) is 0.439. The largest absolute Gasteiger partial charge is 0.465 e. The quantitative estimate of drug-likeness (QED) is 0.189. The first-order chi connectivity index (χ1) is 25.0. The maximum absolute atomic E-state index is 12.6. The highest BCUT2D eigenvalue weighted by molar-refractivity contribution is 6.99. The van der Waals surface area contributed by atoms with Crippen molar-refractivity contribution in [3.05, 3.63) is 108 Å². The second-order valence-electron chi connectivity index (χ2n) is 15.2. The van der Waals surface area contributed by atoms with E-state index in [9.17, 15) is 9.90 Å². The van der Waals surface area contributed by atoms with E-state index in [1.165, 1.54) is 15.9 Å². The van der Waals surface area contributed by atoms with Crippen LogP contribution in [0, 0.1) is 0 Å². The standard InChI is InChI=1S/C41H54N6O4Si/c1-41(2,3)52(34-17-11-7-12-18-34,35-19-13-8-14-20-35)51-27-22-33-30-46(24-25-47(33)40(48)49)38-36-21-23-45(29-32-15-9-6-10-16-32)31-37(36)42-39(43-38)50-28-26-44(4)5/h6-20,33H,21-31H2,1-5H3,(H,48,49). The van der Waals surface area contributed by atoms with Gasteiger partial charge in [0.15, 0.2) is 0 Å². The van der Waals surface area contributed by atoms with Gasteiger partial charge in [0, 0.05) is 58.0 Å². The minimum absolute atomic E-state index is 0.168. The lowest BCUT2D eigenvalue weighted by atomic mass is 10.0. The first-order valence-corrected chi connectivity index (χ1v) is 20.4. The number of ether oxygens (including phenoxy) is 1. The predicted molar refractivity (Wildman–Crippen MR) is 209 cm³/mol. The summed E-state index contributed by atoms with van der Waals surface area (Å²) in [7, 11) is 1.26. The highest BCUT2D eigenvalue weighted by atomic mass is 28.4. The number of carboxylic acid groups (broad SMARTS) is 1. The number of anilines is 1. The number of carbonyl (C=O) groups is 1. The Balaban J connectivity index is 1.26. The smallest absolute Gasteiger partial charge is 0.407 e. The molecule has 1 fully saturated rings. The summed E-state index contributed by atoms with van der Waals surface area (Å²) < 4.78 is 13.4. The Labute approximate surface area is 310 Å². The van der Waals surface area contributed by atoms with Crippen LogP contribution in [0.4, 0.5) is 10.6 Å². The minimum Gasteiger partial charge on any atom is -0.465 e. The number of fused-ring (bicyclic) bond motifs is 1. The van der Waals surface area contributed by atoms with E-state index in [0.29, 0.717) is 51.8 Å². The molecule has 276 valence electrons. The molecular formula is C41H54N6O4Si. The van der Waals surface area contributed by atoms with E-state index >= 15 is 0 Å². The maximum atomic E-state index is 12.6. The molecule has 10 nitrogen and oxygen atoms in total. The summed E-state index contributed by atoms with van der Waals surface area (Å²) in [5, 5.41) is 12.6. The van der Waals surface area contributed by atoms with Gasteiger partial charge < -0.3 is 29.0 Å². The number of piperazine rings is 1. The van der Waals surface area contributed by atoms with Gasteiger partial charge in [0.05, 0.1) is 11.7 Å². The second kappa shape index (κ2) is 16.6. The summed E-state index contributed by atoms with van der Waals surface area (Å²) in [5.41, 5.74) is 3.39. The molecule has 1 saturated heterocycles. The Hall–Kier alpha value is -4.29. The van der Waals surface area contributed by atoms with E-state index in [2.05, 4.69) is 108 Å². The third-order valence-corrected chi connectivity index (χ3v) is 15.4. The molecule has 2 aliphatic heterocycles. The van der Waals surface area contributed by atoms with Gasteiger partial charge in [0.1, 0.15) is 12.4 Å². The highest BCUT2D eigenvalue weighted by Gasteiger charge is 2.50.